The van der Waals surface area contributed by atoms with Gasteiger partial charge in [-0.2, -0.15) is 0 Å². The zero-order valence-electron chi connectivity index (χ0n) is 34.1. The summed E-state index contributed by atoms with van der Waals surface area (Å²) in [6, 6.07) is 40.3. The molecule has 0 bridgehead atoms. The van der Waals surface area contributed by atoms with E-state index in [0.717, 1.165) is 55.0 Å². The van der Waals surface area contributed by atoms with E-state index in [9.17, 15) is 5.48 Å². The van der Waals surface area contributed by atoms with Gasteiger partial charge in [0.15, 0.2) is 0 Å². The third-order valence-corrected chi connectivity index (χ3v) is 9.50. The molecule has 1 nitrogen and oxygen atoms in total. The highest BCUT2D eigenvalue weighted by Gasteiger charge is 2.17. The van der Waals surface area contributed by atoms with Crippen LogP contribution in [0.15, 0.2) is 186 Å². The lowest BCUT2D eigenvalue weighted by Gasteiger charge is -2.18. The van der Waals surface area contributed by atoms with E-state index in [1.807, 2.05) is 103 Å². The quantitative estimate of drug-likeness (QED) is 0.176. The Kier molecular flexibility index (Phi) is 4.69. The van der Waals surface area contributed by atoms with Crippen LogP contribution in [0.1, 0.15) is 11.0 Å². The second kappa shape index (κ2) is 11.1. The summed E-state index contributed by atoms with van der Waals surface area (Å²) < 4.78 is 78.6. The average Bonchev–Trinajstić information content (AvgIpc) is 3.64. The SMILES string of the molecule is [2H]c1c([2H])c([2H])c2c(-c3cccc(-c4ccccc4)c3)c3c([2H])c([2H])c([2H])c([2H])c3c(-c3ccc(-c4ccc5oc6c7ccccc7ccc6c5c4)cc3)c2c1[2H]. The molecule has 10 aromatic rings. The second-order valence-electron chi connectivity index (χ2n) is 12.3. The van der Waals surface area contributed by atoms with E-state index in [2.05, 4.69) is 30.3 Å². The molecule has 0 aliphatic rings. The number of furan rings is 1. The van der Waals surface area contributed by atoms with Crippen LogP contribution in [0.3, 0.4) is 0 Å². The van der Waals surface area contributed by atoms with Crippen molar-refractivity contribution in [3.05, 3.63) is 182 Å². The van der Waals surface area contributed by atoms with E-state index in [1.54, 1.807) is 0 Å². The van der Waals surface area contributed by atoms with Gasteiger partial charge in [0, 0.05) is 16.2 Å². The van der Waals surface area contributed by atoms with Crippen LogP contribution in [0.25, 0.3) is 98.8 Å². The van der Waals surface area contributed by atoms with Crippen LogP contribution in [-0.4, -0.2) is 0 Å². The van der Waals surface area contributed by atoms with Gasteiger partial charge in [-0.15, -0.1) is 0 Å². The van der Waals surface area contributed by atoms with Gasteiger partial charge in [-0.05, 0) is 95.7 Å². The minimum Gasteiger partial charge on any atom is -0.455 e. The Balaban J connectivity index is 1.24. The summed E-state index contributed by atoms with van der Waals surface area (Å²) in [4.78, 5) is 0. The fourth-order valence-electron chi connectivity index (χ4n) is 7.20. The molecule has 0 unspecified atom stereocenters. The number of hydrogen-bond acceptors (Lipinski definition) is 1. The van der Waals surface area contributed by atoms with E-state index in [1.165, 1.54) is 0 Å². The lowest BCUT2D eigenvalue weighted by atomic mass is 9.85. The molecule has 1 heterocycles. The zero-order chi connectivity index (χ0) is 39.3. The van der Waals surface area contributed by atoms with Crippen molar-refractivity contribution in [1.82, 2.24) is 0 Å². The van der Waals surface area contributed by atoms with Crippen molar-refractivity contribution in [2.24, 2.45) is 0 Å². The number of hydrogen-bond donors (Lipinski definition) is 0. The molecule has 0 amide bonds. The molecule has 0 saturated heterocycles. The van der Waals surface area contributed by atoms with Gasteiger partial charge in [-0.25, -0.2) is 0 Å². The molecule has 0 atom stereocenters. The topological polar surface area (TPSA) is 13.1 Å². The largest absolute Gasteiger partial charge is 0.455 e. The van der Waals surface area contributed by atoms with Crippen LogP contribution < -0.4 is 0 Å². The van der Waals surface area contributed by atoms with Crippen molar-refractivity contribution in [1.29, 1.82) is 0 Å². The first kappa shape index (κ1) is 20.7. The van der Waals surface area contributed by atoms with Gasteiger partial charge < -0.3 is 4.42 Å². The standard InChI is InChI=1S/C48H30O/c1-2-11-31(12-3-1)35-14-10-15-37(29-35)47-41-19-8-6-17-39(41)46(40-18-7-9-20-42(40)47)34-23-21-32(22-24-34)36-26-28-45-44(30-36)43-27-25-33-13-4-5-16-38(33)48(43)49-45/h1-30H/i6D,7D,8D,9D,17D,18D,19D,20D. The van der Waals surface area contributed by atoms with Crippen LogP contribution in [0.4, 0.5) is 0 Å². The maximum Gasteiger partial charge on any atom is 0.143 e. The summed E-state index contributed by atoms with van der Waals surface area (Å²) >= 11 is 0. The van der Waals surface area contributed by atoms with Crippen molar-refractivity contribution in [3.63, 3.8) is 0 Å². The number of rotatable bonds is 4. The van der Waals surface area contributed by atoms with Gasteiger partial charge in [-0.3, -0.25) is 0 Å². The van der Waals surface area contributed by atoms with Gasteiger partial charge >= 0.3 is 0 Å². The Hall–Kier alpha value is -6.44. The molecule has 1 aromatic heterocycles. The Morgan fingerprint density at radius 1 is 0.347 bits per heavy atom. The summed E-state index contributed by atoms with van der Waals surface area (Å²) in [6.45, 7) is 0. The summed E-state index contributed by atoms with van der Waals surface area (Å²) in [7, 11) is 0. The molecule has 0 saturated carbocycles. The van der Waals surface area contributed by atoms with Crippen LogP contribution in [-0.2, 0) is 0 Å². The molecule has 9 aromatic carbocycles. The minimum absolute atomic E-state index is 0.185. The molecule has 0 fully saturated rings. The summed E-state index contributed by atoms with van der Waals surface area (Å²) in [6.07, 6.45) is 0. The number of fused-ring (bicyclic) bond motifs is 7. The molecule has 0 aliphatic heterocycles. The van der Waals surface area contributed by atoms with Crippen LogP contribution in [0.5, 0.6) is 0 Å². The molecular weight excluding hydrogens is 593 g/mol. The van der Waals surface area contributed by atoms with Gasteiger partial charge in [0.1, 0.15) is 11.2 Å². The second-order valence-corrected chi connectivity index (χ2v) is 12.3. The highest BCUT2D eigenvalue weighted by atomic mass is 16.3. The first-order valence-corrected chi connectivity index (χ1v) is 16.2. The molecule has 0 spiro atoms. The maximum atomic E-state index is 9.31. The number of benzene rings is 9. The Bertz CT molecular complexity index is 3240. The molecule has 0 N–H and O–H groups in total. The van der Waals surface area contributed by atoms with Gasteiger partial charge in [0.25, 0.3) is 0 Å². The fourth-order valence-corrected chi connectivity index (χ4v) is 7.20. The monoisotopic (exact) mass is 630 g/mol. The Morgan fingerprint density at radius 2 is 0.898 bits per heavy atom. The fraction of sp³-hybridized carbons (Fsp3) is 0. The van der Waals surface area contributed by atoms with E-state index in [0.29, 0.717) is 22.3 Å². The molecule has 10 rings (SSSR count). The van der Waals surface area contributed by atoms with E-state index in [4.69, 9.17) is 9.90 Å². The summed E-state index contributed by atoms with van der Waals surface area (Å²) in [5.41, 5.74) is 6.99. The van der Waals surface area contributed by atoms with Crippen LogP contribution >= 0.6 is 0 Å². The normalized spacial score (nSPS) is 14.0. The van der Waals surface area contributed by atoms with Gasteiger partial charge in [0.2, 0.25) is 0 Å². The van der Waals surface area contributed by atoms with Gasteiger partial charge in [-0.1, -0.05) is 158 Å². The molecule has 0 aliphatic carbocycles. The molecule has 0 radical (unpaired) electrons. The molecule has 1 heteroatoms. The molecule has 228 valence electrons. The predicted octanol–water partition coefficient (Wildman–Crippen LogP) is 13.7. The summed E-state index contributed by atoms with van der Waals surface area (Å²) in [5.74, 6) is 0. The van der Waals surface area contributed by atoms with E-state index >= 15 is 0 Å². The highest BCUT2D eigenvalue weighted by molar-refractivity contribution is 6.21. The van der Waals surface area contributed by atoms with Crippen molar-refractivity contribution in [2.75, 3.05) is 0 Å². The average molecular weight is 631 g/mol. The van der Waals surface area contributed by atoms with Crippen LogP contribution in [0, 0.1) is 0 Å². The first-order valence-electron chi connectivity index (χ1n) is 20.2. The lowest BCUT2D eigenvalue weighted by molar-refractivity contribution is 0.672. The van der Waals surface area contributed by atoms with Crippen LogP contribution in [0.2, 0.25) is 0 Å². The van der Waals surface area contributed by atoms with Gasteiger partial charge in [0.05, 0.1) is 11.0 Å². The highest BCUT2D eigenvalue weighted by Crippen LogP contribution is 2.44. The Labute approximate surface area is 295 Å². The van der Waals surface area contributed by atoms with Crippen molar-refractivity contribution < 1.29 is 15.4 Å². The third kappa shape index (κ3) is 4.47. The smallest absolute Gasteiger partial charge is 0.143 e. The third-order valence-electron chi connectivity index (χ3n) is 9.50. The molecule has 49 heavy (non-hydrogen) atoms. The van der Waals surface area contributed by atoms with Crippen molar-refractivity contribution in [2.45, 2.75) is 0 Å². The van der Waals surface area contributed by atoms with E-state index < -0.39 is 24.2 Å². The van der Waals surface area contributed by atoms with Crippen molar-refractivity contribution >= 4 is 54.3 Å². The predicted molar refractivity (Wildman–Crippen MR) is 208 cm³/mol. The summed E-state index contributed by atoms with van der Waals surface area (Å²) in [5, 5.41) is 4.88. The molecular formula is C48H30O. The van der Waals surface area contributed by atoms with E-state index in [-0.39, 0.29) is 45.7 Å². The lowest BCUT2D eigenvalue weighted by Crippen LogP contribution is -1.91. The maximum absolute atomic E-state index is 9.31. The minimum atomic E-state index is -0.428. The first-order chi connectivity index (χ1) is 27.6. The van der Waals surface area contributed by atoms with Crippen molar-refractivity contribution in [3.8, 4) is 44.5 Å². The Morgan fingerprint density at radius 3 is 1.63 bits per heavy atom. The zero-order valence-corrected chi connectivity index (χ0v) is 26.1.